The van der Waals surface area contributed by atoms with Crippen LogP contribution in [0.5, 0.6) is 0 Å². The molecule has 0 aromatic heterocycles. The third-order valence-electron chi connectivity index (χ3n) is 3.92. The highest BCUT2D eigenvalue weighted by atomic mass is 16.2. The number of hydrogen-bond acceptors (Lipinski definition) is 2. The van der Waals surface area contributed by atoms with Crippen LogP contribution in [0.2, 0.25) is 0 Å². The lowest BCUT2D eigenvalue weighted by atomic mass is 9.95. The Balaban J connectivity index is 1.96. The number of nitrogens with zero attached hydrogens (tertiary/aromatic N) is 1. The van der Waals surface area contributed by atoms with E-state index in [1.165, 1.54) is 5.56 Å². The predicted molar refractivity (Wildman–Crippen MR) is 72.8 cm³/mol. The lowest BCUT2D eigenvalue weighted by Crippen LogP contribution is -2.36. The van der Waals surface area contributed by atoms with Gasteiger partial charge in [0.2, 0.25) is 5.91 Å². The lowest BCUT2D eigenvalue weighted by molar-refractivity contribution is -0.135. The fraction of sp³-hybridized carbons (Fsp3) is 0.533. The van der Waals surface area contributed by atoms with Gasteiger partial charge in [0.25, 0.3) is 0 Å². The second-order valence-electron chi connectivity index (χ2n) is 5.21. The number of amides is 1. The van der Waals surface area contributed by atoms with Gasteiger partial charge in [-0.3, -0.25) is 4.79 Å². The van der Waals surface area contributed by atoms with Gasteiger partial charge in [-0.15, -0.1) is 0 Å². The molecule has 1 aromatic rings. The quantitative estimate of drug-likeness (QED) is 0.883. The molecule has 98 valence electrons. The first kappa shape index (κ1) is 13.1. The highest BCUT2D eigenvalue weighted by Crippen LogP contribution is 2.32. The molecule has 0 radical (unpaired) electrons. The van der Waals surface area contributed by atoms with E-state index >= 15 is 0 Å². The maximum Gasteiger partial charge on any atom is 0.226 e. The van der Waals surface area contributed by atoms with Crippen molar-refractivity contribution in [2.45, 2.75) is 25.8 Å². The zero-order valence-corrected chi connectivity index (χ0v) is 11.0. The third kappa shape index (κ3) is 2.91. The number of carbonyl (C=O) groups is 1. The van der Waals surface area contributed by atoms with Crippen molar-refractivity contribution in [2.75, 3.05) is 13.6 Å². The standard InChI is InChI=1S/C15H22N2O/c1-17(11-12-6-3-2-4-7-12)15(18)14-9-5-8-13(14)10-16/h2-4,6-7,13-14H,5,8-11,16H2,1H3. The molecule has 0 saturated heterocycles. The van der Waals surface area contributed by atoms with Crippen LogP contribution >= 0.6 is 0 Å². The van der Waals surface area contributed by atoms with Crippen LogP contribution in [0.15, 0.2) is 30.3 Å². The minimum atomic E-state index is 0.142. The molecule has 2 unspecified atom stereocenters. The molecular formula is C15H22N2O. The summed E-state index contributed by atoms with van der Waals surface area (Å²) in [5.41, 5.74) is 6.92. The van der Waals surface area contributed by atoms with Crippen LogP contribution in [0.25, 0.3) is 0 Å². The Labute approximate surface area is 109 Å². The summed E-state index contributed by atoms with van der Waals surface area (Å²) >= 11 is 0. The zero-order chi connectivity index (χ0) is 13.0. The molecule has 1 aliphatic rings. The Bertz CT molecular complexity index is 391. The van der Waals surface area contributed by atoms with E-state index in [0.29, 0.717) is 19.0 Å². The largest absolute Gasteiger partial charge is 0.341 e. The van der Waals surface area contributed by atoms with Crippen LogP contribution in [-0.2, 0) is 11.3 Å². The smallest absolute Gasteiger partial charge is 0.226 e. The van der Waals surface area contributed by atoms with Gasteiger partial charge in [-0.05, 0) is 30.9 Å². The molecule has 2 N–H and O–H groups in total. The molecule has 0 heterocycles. The summed E-state index contributed by atoms with van der Waals surface area (Å²) in [5.74, 6) is 0.784. The fourth-order valence-corrected chi connectivity index (χ4v) is 2.86. The second kappa shape index (κ2) is 6.01. The van der Waals surface area contributed by atoms with E-state index in [9.17, 15) is 4.79 Å². The van der Waals surface area contributed by atoms with Gasteiger partial charge in [-0.1, -0.05) is 36.8 Å². The Morgan fingerprint density at radius 1 is 1.33 bits per heavy atom. The normalized spacial score (nSPS) is 23.0. The van der Waals surface area contributed by atoms with Gasteiger partial charge in [-0.25, -0.2) is 0 Å². The zero-order valence-electron chi connectivity index (χ0n) is 11.0. The summed E-state index contributed by atoms with van der Waals surface area (Å²) in [6.07, 6.45) is 3.24. The number of rotatable bonds is 4. The third-order valence-corrected chi connectivity index (χ3v) is 3.92. The Morgan fingerprint density at radius 3 is 2.72 bits per heavy atom. The van der Waals surface area contributed by atoms with E-state index in [1.54, 1.807) is 0 Å². The molecule has 3 heteroatoms. The summed E-state index contributed by atoms with van der Waals surface area (Å²) in [5, 5.41) is 0. The number of hydrogen-bond donors (Lipinski definition) is 1. The van der Waals surface area contributed by atoms with E-state index in [1.807, 2.05) is 30.1 Å². The van der Waals surface area contributed by atoms with Crippen LogP contribution in [0, 0.1) is 11.8 Å². The topological polar surface area (TPSA) is 46.3 Å². The molecule has 1 fully saturated rings. The first-order chi connectivity index (χ1) is 8.72. The SMILES string of the molecule is CN(Cc1ccccc1)C(=O)C1CCCC1CN. The van der Waals surface area contributed by atoms with Gasteiger partial charge in [0, 0.05) is 19.5 Å². The lowest BCUT2D eigenvalue weighted by Gasteiger charge is -2.24. The number of carbonyl (C=O) groups excluding carboxylic acids is 1. The first-order valence-electron chi connectivity index (χ1n) is 6.71. The van der Waals surface area contributed by atoms with Crippen molar-refractivity contribution in [2.24, 2.45) is 17.6 Å². The van der Waals surface area contributed by atoms with E-state index in [4.69, 9.17) is 5.73 Å². The molecular weight excluding hydrogens is 224 g/mol. The van der Waals surface area contributed by atoms with Gasteiger partial charge in [-0.2, -0.15) is 0 Å². The van der Waals surface area contributed by atoms with Gasteiger partial charge < -0.3 is 10.6 Å². The Kier molecular flexibility index (Phi) is 4.37. The van der Waals surface area contributed by atoms with Gasteiger partial charge in [0.15, 0.2) is 0 Å². The Hall–Kier alpha value is -1.35. The number of nitrogens with two attached hydrogens (primary N) is 1. The average Bonchev–Trinajstić information content (AvgIpc) is 2.87. The van der Waals surface area contributed by atoms with E-state index in [0.717, 1.165) is 19.3 Å². The second-order valence-corrected chi connectivity index (χ2v) is 5.21. The molecule has 1 aliphatic carbocycles. The van der Waals surface area contributed by atoms with E-state index < -0.39 is 0 Å². The minimum Gasteiger partial charge on any atom is -0.341 e. The molecule has 1 aromatic carbocycles. The molecule has 1 amide bonds. The summed E-state index contributed by atoms with van der Waals surface area (Å²) in [7, 11) is 1.89. The van der Waals surface area contributed by atoms with Crippen LogP contribution in [-0.4, -0.2) is 24.4 Å². The maximum absolute atomic E-state index is 12.4. The van der Waals surface area contributed by atoms with Gasteiger partial charge >= 0.3 is 0 Å². The molecule has 1 saturated carbocycles. The average molecular weight is 246 g/mol. The van der Waals surface area contributed by atoms with Gasteiger partial charge in [0.1, 0.15) is 0 Å². The highest BCUT2D eigenvalue weighted by Gasteiger charge is 2.33. The first-order valence-corrected chi connectivity index (χ1v) is 6.71. The van der Waals surface area contributed by atoms with E-state index in [2.05, 4.69) is 12.1 Å². The molecule has 0 spiro atoms. The fourth-order valence-electron chi connectivity index (χ4n) is 2.86. The monoisotopic (exact) mass is 246 g/mol. The van der Waals surface area contributed by atoms with Crippen molar-refractivity contribution in [3.05, 3.63) is 35.9 Å². The van der Waals surface area contributed by atoms with Crippen molar-refractivity contribution >= 4 is 5.91 Å². The van der Waals surface area contributed by atoms with Crippen molar-refractivity contribution in [1.82, 2.24) is 4.90 Å². The van der Waals surface area contributed by atoms with Crippen LogP contribution < -0.4 is 5.73 Å². The Morgan fingerprint density at radius 2 is 2.06 bits per heavy atom. The molecule has 2 atom stereocenters. The summed E-state index contributed by atoms with van der Waals surface area (Å²) in [6, 6.07) is 10.1. The van der Waals surface area contributed by atoms with Crippen molar-refractivity contribution in [3.63, 3.8) is 0 Å². The molecule has 3 nitrogen and oxygen atoms in total. The van der Waals surface area contributed by atoms with Crippen LogP contribution in [0.3, 0.4) is 0 Å². The van der Waals surface area contributed by atoms with Crippen molar-refractivity contribution in [3.8, 4) is 0 Å². The summed E-state index contributed by atoms with van der Waals surface area (Å²) in [6.45, 7) is 1.32. The van der Waals surface area contributed by atoms with Crippen LogP contribution in [0.4, 0.5) is 0 Å². The molecule has 2 rings (SSSR count). The summed E-state index contributed by atoms with van der Waals surface area (Å²) < 4.78 is 0. The molecule has 0 aliphatic heterocycles. The van der Waals surface area contributed by atoms with Crippen molar-refractivity contribution in [1.29, 1.82) is 0 Å². The molecule has 18 heavy (non-hydrogen) atoms. The van der Waals surface area contributed by atoms with E-state index in [-0.39, 0.29) is 11.8 Å². The highest BCUT2D eigenvalue weighted by molar-refractivity contribution is 5.79. The predicted octanol–water partition coefficient (Wildman–Crippen LogP) is 2.02. The number of benzene rings is 1. The van der Waals surface area contributed by atoms with Gasteiger partial charge in [0.05, 0.1) is 0 Å². The van der Waals surface area contributed by atoms with Crippen molar-refractivity contribution < 1.29 is 4.79 Å². The molecule has 0 bridgehead atoms. The maximum atomic E-state index is 12.4. The van der Waals surface area contributed by atoms with Crippen LogP contribution in [0.1, 0.15) is 24.8 Å². The summed E-state index contributed by atoms with van der Waals surface area (Å²) in [4.78, 5) is 14.2. The minimum absolute atomic E-state index is 0.142.